The van der Waals surface area contributed by atoms with Crippen molar-refractivity contribution in [3.05, 3.63) is 63.2 Å². The SMILES string of the molecule is CN(c1ccccc1C#N)c1cccc(Cl)c1[N+](=O)[O-]. The second-order valence-electron chi connectivity index (χ2n) is 4.05. The van der Waals surface area contributed by atoms with Gasteiger partial charge in [0, 0.05) is 7.05 Å². The summed E-state index contributed by atoms with van der Waals surface area (Å²) in [4.78, 5) is 12.2. The van der Waals surface area contributed by atoms with Crippen LogP contribution in [0.5, 0.6) is 0 Å². The highest BCUT2D eigenvalue weighted by Gasteiger charge is 2.22. The number of nitrogens with zero attached hydrogens (tertiary/aromatic N) is 3. The van der Waals surface area contributed by atoms with Gasteiger partial charge in [-0.15, -0.1) is 0 Å². The zero-order valence-corrected chi connectivity index (χ0v) is 11.3. The van der Waals surface area contributed by atoms with Crippen LogP contribution in [0.3, 0.4) is 0 Å². The van der Waals surface area contributed by atoms with Gasteiger partial charge in [-0.05, 0) is 24.3 Å². The van der Waals surface area contributed by atoms with Crippen molar-refractivity contribution in [1.82, 2.24) is 0 Å². The van der Waals surface area contributed by atoms with Crippen LogP contribution >= 0.6 is 11.6 Å². The highest BCUT2D eigenvalue weighted by molar-refractivity contribution is 6.33. The van der Waals surface area contributed by atoms with E-state index in [9.17, 15) is 10.1 Å². The van der Waals surface area contributed by atoms with Crippen LogP contribution in [0.2, 0.25) is 5.02 Å². The topological polar surface area (TPSA) is 70.2 Å². The van der Waals surface area contributed by atoms with E-state index in [1.165, 1.54) is 6.07 Å². The van der Waals surface area contributed by atoms with Crippen molar-refractivity contribution < 1.29 is 4.92 Å². The Hall–Kier alpha value is -2.58. The smallest absolute Gasteiger partial charge is 0.311 e. The van der Waals surface area contributed by atoms with Crippen LogP contribution in [0.15, 0.2) is 42.5 Å². The van der Waals surface area contributed by atoms with Gasteiger partial charge in [0.1, 0.15) is 16.8 Å². The maximum Gasteiger partial charge on any atom is 0.311 e. The zero-order chi connectivity index (χ0) is 14.7. The average Bonchev–Trinajstić information content (AvgIpc) is 2.45. The van der Waals surface area contributed by atoms with Crippen LogP contribution in [0, 0.1) is 21.4 Å². The molecule has 6 heteroatoms. The van der Waals surface area contributed by atoms with Crippen molar-refractivity contribution >= 4 is 28.7 Å². The van der Waals surface area contributed by atoms with E-state index in [0.717, 1.165) is 0 Å². The first kappa shape index (κ1) is 13.8. The van der Waals surface area contributed by atoms with Crippen molar-refractivity contribution in [2.75, 3.05) is 11.9 Å². The molecule has 2 aromatic carbocycles. The summed E-state index contributed by atoms with van der Waals surface area (Å²) in [6.07, 6.45) is 0. The summed E-state index contributed by atoms with van der Waals surface area (Å²) in [5.41, 5.74) is 1.18. The Balaban J connectivity index is 2.60. The van der Waals surface area contributed by atoms with Crippen molar-refractivity contribution in [1.29, 1.82) is 5.26 Å². The largest absolute Gasteiger partial charge is 0.338 e. The lowest BCUT2D eigenvalue weighted by molar-refractivity contribution is -0.383. The minimum Gasteiger partial charge on any atom is -0.338 e. The van der Waals surface area contributed by atoms with E-state index >= 15 is 0 Å². The first-order chi connectivity index (χ1) is 9.56. The lowest BCUT2D eigenvalue weighted by Crippen LogP contribution is -2.13. The third-order valence-electron chi connectivity index (χ3n) is 2.90. The lowest BCUT2D eigenvalue weighted by atomic mass is 10.1. The summed E-state index contributed by atoms with van der Waals surface area (Å²) < 4.78 is 0. The molecule has 0 aliphatic rings. The van der Waals surface area contributed by atoms with E-state index in [-0.39, 0.29) is 10.7 Å². The van der Waals surface area contributed by atoms with Gasteiger partial charge in [0.2, 0.25) is 0 Å². The minimum atomic E-state index is -0.525. The van der Waals surface area contributed by atoms with Gasteiger partial charge in [0.15, 0.2) is 0 Å². The summed E-state index contributed by atoms with van der Waals surface area (Å²) in [5.74, 6) is 0. The number of rotatable bonds is 3. The van der Waals surface area contributed by atoms with Crippen molar-refractivity contribution in [2.45, 2.75) is 0 Å². The van der Waals surface area contributed by atoms with Crippen molar-refractivity contribution in [3.8, 4) is 6.07 Å². The Morgan fingerprint density at radius 3 is 2.50 bits per heavy atom. The molecule has 0 bridgehead atoms. The molecule has 0 amide bonds. The Morgan fingerprint density at radius 2 is 1.85 bits per heavy atom. The number of anilines is 2. The molecule has 0 fully saturated rings. The van der Waals surface area contributed by atoms with Crippen LogP contribution in [-0.2, 0) is 0 Å². The third kappa shape index (κ3) is 2.42. The van der Waals surface area contributed by atoms with Gasteiger partial charge in [0.05, 0.1) is 16.2 Å². The number of nitro benzene ring substituents is 1. The maximum atomic E-state index is 11.2. The standard InChI is InChI=1S/C14H10ClN3O2/c1-17(12-7-3-2-5-10(12)9-16)13-8-4-6-11(15)14(13)18(19)20/h2-8H,1H3. The van der Waals surface area contributed by atoms with E-state index in [2.05, 4.69) is 6.07 Å². The van der Waals surface area contributed by atoms with Crippen LogP contribution in [0.1, 0.15) is 5.56 Å². The average molecular weight is 288 g/mol. The summed E-state index contributed by atoms with van der Waals surface area (Å²) in [5, 5.41) is 20.3. The molecule has 0 saturated carbocycles. The summed E-state index contributed by atoms with van der Waals surface area (Å²) in [7, 11) is 1.66. The molecule has 0 spiro atoms. The van der Waals surface area contributed by atoms with Crippen molar-refractivity contribution in [3.63, 3.8) is 0 Å². The maximum absolute atomic E-state index is 11.2. The van der Waals surface area contributed by atoms with Crippen LogP contribution in [-0.4, -0.2) is 12.0 Å². The monoisotopic (exact) mass is 287 g/mol. The van der Waals surface area contributed by atoms with Crippen LogP contribution < -0.4 is 4.90 Å². The number of nitriles is 1. The molecule has 0 atom stereocenters. The number of hydrogen-bond acceptors (Lipinski definition) is 4. The molecule has 0 aliphatic heterocycles. The highest BCUT2D eigenvalue weighted by Crippen LogP contribution is 2.38. The van der Waals surface area contributed by atoms with Gasteiger partial charge in [-0.25, -0.2) is 0 Å². The van der Waals surface area contributed by atoms with Gasteiger partial charge in [-0.3, -0.25) is 10.1 Å². The first-order valence-corrected chi connectivity index (χ1v) is 6.10. The Bertz CT molecular complexity index is 710. The number of benzene rings is 2. The minimum absolute atomic E-state index is 0.0637. The number of nitro groups is 1. The van der Waals surface area contributed by atoms with E-state index in [0.29, 0.717) is 16.9 Å². The van der Waals surface area contributed by atoms with E-state index in [4.69, 9.17) is 16.9 Å². The molecule has 0 saturated heterocycles. The quantitative estimate of drug-likeness (QED) is 0.634. The zero-order valence-electron chi connectivity index (χ0n) is 10.6. The second-order valence-corrected chi connectivity index (χ2v) is 4.46. The molecule has 0 aliphatic carbocycles. The van der Waals surface area contributed by atoms with Gasteiger partial charge in [-0.1, -0.05) is 29.8 Å². The molecular weight excluding hydrogens is 278 g/mol. The molecule has 100 valence electrons. The molecule has 2 rings (SSSR count). The number of hydrogen-bond donors (Lipinski definition) is 0. The summed E-state index contributed by atoms with van der Waals surface area (Å²) in [6.45, 7) is 0. The third-order valence-corrected chi connectivity index (χ3v) is 3.20. The predicted octanol–water partition coefficient (Wildman–Crippen LogP) is 3.89. The first-order valence-electron chi connectivity index (χ1n) is 5.72. The fourth-order valence-corrected chi connectivity index (χ4v) is 2.18. The lowest BCUT2D eigenvalue weighted by Gasteiger charge is -2.20. The Kier molecular flexibility index (Phi) is 3.87. The van der Waals surface area contributed by atoms with Gasteiger partial charge >= 0.3 is 5.69 Å². The number of para-hydroxylation sites is 2. The van der Waals surface area contributed by atoms with E-state index in [1.807, 2.05) is 0 Å². The van der Waals surface area contributed by atoms with E-state index in [1.54, 1.807) is 48.3 Å². The molecular formula is C14H10ClN3O2. The summed E-state index contributed by atoms with van der Waals surface area (Å²) >= 11 is 5.90. The molecule has 2 aromatic rings. The van der Waals surface area contributed by atoms with Crippen LogP contribution in [0.25, 0.3) is 0 Å². The molecule has 0 radical (unpaired) electrons. The predicted molar refractivity (Wildman–Crippen MR) is 77.3 cm³/mol. The highest BCUT2D eigenvalue weighted by atomic mass is 35.5. The Labute approximate surface area is 120 Å². The molecule has 0 heterocycles. The van der Waals surface area contributed by atoms with Gasteiger partial charge < -0.3 is 4.90 Å². The molecule has 0 unspecified atom stereocenters. The molecule has 0 N–H and O–H groups in total. The normalized spacial score (nSPS) is 9.85. The fraction of sp³-hybridized carbons (Fsp3) is 0.0714. The van der Waals surface area contributed by atoms with Crippen LogP contribution in [0.4, 0.5) is 17.1 Å². The van der Waals surface area contributed by atoms with Crippen molar-refractivity contribution in [2.24, 2.45) is 0 Å². The van der Waals surface area contributed by atoms with Gasteiger partial charge in [-0.2, -0.15) is 5.26 Å². The number of halogens is 1. The Morgan fingerprint density at radius 1 is 1.20 bits per heavy atom. The fourth-order valence-electron chi connectivity index (χ4n) is 1.95. The van der Waals surface area contributed by atoms with Gasteiger partial charge in [0.25, 0.3) is 0 Å². The molecule has 5 nitrogen and oxygen atoms in total. The second kappa shape index (κ2) is 5.59. The van der Waals surface area contributed by atoms with E-state index < -0.39 is 4.92 Å². The molecule has 20 heavy (non-hydrogen) atoms. The summed E-state index contributed by atoms with van der Waals surface area (Å²) in [6, 6.07) is 13.6. The molecule has 0 aromatic heterocycles.